The van der Waals surface area contributed by atoms with Gasteiger partial charge in [-0.05, 0) is 7.05 Å². The highest BCUT2D eigenvalue weighted by Gasteiger charge is 2.11. The molecule has 0 N–H and O–H groups in total. The molecule has 0 aliphatic rings. The first-order valence-corrected chi connectivity index (χ1v) is 3.93. The second-order valence-corrected chi connectivity index (χ2v) is 3.04. The maximum atomic E-state index is 11.2. The normalized spacial score (nSPS) is 9.92. The van der Waals surface area contributed by atoms with Gasteiger partial charge in [-0.25, -0.2) is 0 Å². The molecule has 0 aromatic carbocycles. The number of rotatable bonds is 4. The van der Waals surface area contributed by atoms with Gasteiger partial charge in [0.15, 0.2) is 0 Å². The van der Waals surface area contributed by atoms with Crippen LogP contribution in [0, 0.1) is 0 Å². The Morgan fingerprint density at radius 3 is 2.08 bits per heavy atom. The maximum absolute atomic E-state index is 11.2. The Balaban J connectivity index is 3.80. The average molecular weight is 188 g/mol. The van der Waals surface area contributed by atoms with Crippen LogP contribution in [-0.2, 0) is 14.3 Å². The smallest absolute Gasteiger partial charge is 0.319 e. The van der Waals surface area contributed by atoms with Crippen molar-refractivity contribution in [1.82, 2.24) is 9.80 Å². The number of hydrogen-bond donors (Lipinski definition) is 0. The van der Waals surface area contributed by atoms with Crippen molar-refractivity contribution in [2.45, 2.75) is 0 Å². The maximum Gasteiger partial charge on any atom is 0.319 e. The minimum Gasteiger partial charge on any atom is -0.468 e. The fourth-order valence-corrected chi connectivity index (χ4v) is 0.713. The molecular weight excluding hydrogens is 172 g/mol. The molecule has 0 aromatic heterocycles. The van der Waals surface area contributed by atoms with Crippen LogP contribution in [0.5, 0.6) is 0 Å². The Morgan fingerprint density at radius 1 is 1.15 bits per heavy atom. The van der Waals surface area contributed by atoms with E-state index in [4.69, 9.17) is 0 Å². The summed E-state index contributed by atoms with van der Waals surface area (Å²) < 4.78 is 4.46. The number of hydrogen-bond acceptors (Lipinski definition) is 4. The second kappa shape index (κ2) is 5.53. The van der Waals surface area contributed by atoms with E-state index in [9.17, 15) is 9.59 Å². The van der Waals surface area contributed by atoms with Crippen LogP contribution in [0.4, 0.5) is 0 Å². The van der Waals surface area contributed by atoms with E-state index >= 15 is 0 Å². The molecule has 0 heterocycles. The minimum absolute atomic E-state index is 0.0357. The van der Waals surface area contributed by atoms with Crippen LogP contribution >= 0.6 is 0 Å². The largest absolute Gasteiger partial charge is 0.468 e. The average Bonchev–Trinajstić information content (AvgIpc) is 2.03. The first kappa shape index (κ1) is 11.9. The predicted molar refractivity (Wildman–Crippen MR) is 48.2 cm³/mol. The molecule has 0 bridgehead atoms. The molecule has 0 fully saturated rings. The number of likely N-dealkylation sites (N-methyl/N-ethyl adjacent to an activating group) is 2. The van der Waals surface area contributed by atoms with E-state index in [1.807, 2.05) is 0 Å². The number of carbonyl (C=O) groups excluding carboxylic acids is 2. The SMILES string of the molecule is COC(=O)CN(C)CC(=O)N(C)C. The van der Waals surface area contributed by atoms with Gasteiger partial charge in [0.2, 0.25) is 5.91 Å². The molecule has 76 valence electrons. The molecule has 13 heavy (non-hydrogen) atoms. The summed E-state index contributed by atoms with van der Waals surface area (Å²) in [7, 11) is 6.37. The molecule has 0 saturated carbocycles. The van der Waals surface area contributed by atoms with Gasteiger partial charge < -0.3 is 9.64 Å². The second-order valence-electron chi connectivity index (χ2n) is 3.04. The molecule has 0 rings (SSSR count). The Hall–Kier alpha value is -1.10. The lowest BCUT2D eigenvalue weighted by molar-refractivity contribution is -0.142. The lowest BCUT2D eigenvalue weighted by atomic mass is 10.4. The molecular formula is C8H16N2O3. The van der Waals surface area contributed by atoms with Gasteiger partial charge in [0.1, 0.15) is 0 Å². The first-order chi connectivity index (χ1) is 5.97. The number of nitrogens with zero attached hydrogens (tertiary/aromatic N) is 2. The summed E-state index contributed by atoms with van der Waals surface area (Å²) in [6.07, 6.45) is 0. The van der Waals surface area contributed by atoms with Crippen LogP contribution in [0.2, 0.25) is 0 Å². The van der Waals surface area contributed by atoms with Crippen molar-refractivity contribution in [3.63, 3.8) is 0 Å². The topological polar surface area (TPSA) is 49.9 Å². The molecule has 5 nitrogen and oxygen atoms in total. The molecule has 0 aliphatic carbocycles. The summed E-state index contributed by atoms with van der Waals surface area (Å²) in [4.78, 5) is 25.0. The molecule has 5 heteroatoms. The van der Waals surface area contributed by atoms with Crippen molar-refractivity contribution in [2.75, 3.05) is 41.3 Å². The summed E-state index contributed by atoms with van der Waals surface area (Å²) in [6, 6.07) is 0. The van der Waals surface area contributed by atoms with Crippen LogP contribution in [0.3, 0.4) is 0 Å². The van der Waals surface area contributed by atoms with Gasteiger partial charge in [-0.1, -0.05) is 0 Å². The van der Waals surface area contributed by atoms with Gasteiger partial charge in [0.25, 0.3) is 0 Å². The van der Waals surface area contributed by atoms with Crippen LogP contribution in [0.15, 0.2) is 0 Å². The van der Waals surface area contributed by atoms with Gasteiger partial charge in [0.05, 0.1) is 20.2 Å². The zero-order chi connectivity index (χ0) is 10.4. The van der Waals surface area contributed by atoms with E-state index < -0.39 is 0 Å². The number of ether oxygens (including phenoxy) is 1. The van der Waals surface area contributed by atoms with Crippen molar-refractivity contribution in [1.29, 1.82) is 0 Å². The van der Waals surface area contributed by atoms with Crippen molar-refractivity contribution in [2.24, 2.45) is 0 Å². The van der Waals surface area contributed by atoms with Gasteiger partial charge in [0, 0.05) is 14.1 Å². The zero-order valence-corrected chi connectivity index (χ0v) is 8.53. The summed E-state index contributed by atoms with van der Waals surface area (Å²) in [5, 5.41) is 0. The lowest BCUT2D eigenvalue weighted by Gasteiger charge is -2.17. The standard InChI is InChI=1S/C8H16N2O3/c1-9(2)7(11)5-10(3)6-8(12)13-4/h5-6H2,1-4H3. The van der Waals surface area contributed by atoms with Crippen LogP contribution in [-0.4, -0.2) is 63.0 Å². The number of carbonyl (C=O) groups is 2. The zero-order valence-electron chi connectivity index (χ0n) is 8.53. The molecule has 0 aromatic rings. The van der Waals surface area contributed by atoms with Crippen LogP contribution in [0.25, 0.3) is 0 Å². The summed E-state index contributed by atoms with van der Waals surface area (Å²) in [5.74, 6) is -0.375. The molecule has 0 unspecified atom stereocenters. The fraction of sp³-hybridized carbons (Fsp3) is 0.750. The highest BCUT2D eigenvalue weighted by Crippen LogP contribution is 1.87. The van der Waals surface area contributed by atoms with E-state index in [2.05, 4.69) is 4.74 Å². The van der Waals surface area contributed by atoms with Gasteiger partial charge in [-0.15, -0.1) is 0 Å². The molecule has 1 amide bonds. The Labute approximate surface area is 78.3 Å². The predicted octanol–water partition coefficient (Wildman–Crippen LogP) is -0.821. The van der Waals surface area contributed by atoms with Crippen molar-refractivity contribution < 1.29 is 14.3 Å². The molecule has 0 spiro atoms. The van der Waals surface area contributed by atoms with Crippen molar-refractivity contribution in [3.8, 4) is 0 Å². The van der Waals surface area contributed by atoms with Crippen LogP contribution in [0.1, 0.15) is 0 Å². The number of esters is 1. The van der Waals surface area contributed by atoms with Crippen molar-refractivity contribution >= 4 is 11.9 Å². The monoisotopic (exact) mass is 188 g/mol. The Bertz CT molecular complexity index is 192. The summed E-state index contributed by atoms with van der Waals surface area (Å²) >= 11 is 0. The molecule has 0 aliphatic heterocycles. The highest BCUT2D eigenvalue weighted by atomic mass is 16.5. The van der Waals surface area contributed by atoms with E-state index in [1.165, 1.54) is 12.0 Å². The summed E-state index contributed by atoms with van der Waals surface area (Å²) in [6.45, 7) is 0.359. The van der Waals surface area contributed by atoms with E-state index in [0.717, 1.165) is 0 Å². The first-order valence-electron chi connectivity index (χ1n) is 3.93. The third-order valence-corrected chi connectivity index (χ3v) is 1.53. The quantitative estimate of drug-likeness (QED) is 0.541. The highest BCUT2D eigenvalue weighted by molar-refractivity contribution is 5.78. The Morgan fingerprint density at radius 2 is 1.69 bits per heavy atom. The summed E-state index contributed by atoms with van der Waals surface area (Å²) in [5.41, 5.74) is 0. The van der Waals surface area contributed by atoms with Crippen LogP contribution < -0.4 is 0 Å². The minimum atomic E-state index is -0.339. The third-order valence-electron chi connectivity index (χ3n) is 1.53. The van der Waals surface area contributed by atoms with E-state index in [-0.39, 0.29) is 25.0 Å². The van der Waals surface area contributed by atoms with E-state index in [1.54, 1.807) is 26.0 Å². The molecule has 0 saturated heterocycles. The molecule has 0 atom stereocenters. The molecule has 0 radical (unpaired) electrons. The fourth-order valence-electron chi connectivity index (χ4n) is 0.713. The van der Waals surface area contributed by atoms with E-state index in [0.29, 0.717) is 0 Å². The lowest BCUT2D eigenvalue weighted by Crippen LogP contribution is -2.37. The Kier molecular flexibility index (Phi) is 5.06. The third kappa shape index (κ3) is 5.19. The number of methoxy groups -OCH3 is 1. The van der Waals surface area contributed by atoms with Crippen molar-refractivity contribution in [3.05, 3.63) is 0 Å². The number of amides is 1. The van der Waals surface area contributed by atoms with Gasteiger partial charge >= 0.3 is 5.97 Å². The van der Waals surface area contributed by atoms with Gasteiger partial charge in [-0.3, -0.25) is 14.5 Å². The van der Waals surface area contributed by atoms with Gasteiger partial charge in [-0.2, -0.15) is 0 Å².